The summed E-state index contributed by atoms with van der Waals surface area (Å²) < 4.78 is 55.0. The van der Waals surface area contributed by atoms with Crippen LogP contribution in [0.2, 0.25) is 0 Å². The molecule has 2 fully saturated rings. The van der Waals surface area contributed by atoms with Gasteiger partial charge in [0.05, 0.1) is 6.07 Å². The molecule has 0 aromatic heterocycles. The fraction of sp³-hybridized carbons (Fsp3) is 0.818. The molecule has 0 aliphatic carbocycles. The Labute approximate surface area is 151 Å². The summed E-state index contributed by atoms with van der Waals surface area (Å²) in [5.74, 6) is -0.631. The predicted molar refractivity (Wildman–Crippen MR) is 66.4 cm³/mol. The minimum absolute atomic E-state index is 0. The molecule has 0 saturated carbocycles. The fourth-order valence-electron chi connectivity index (χ4n) is 2.08. The molecule has 9 nitrogen and oxygen atoms in total. The summed E-state index contributed by atoms with van der Waals surface area (Å²) in [6.07, 6.45) is 1.01. The van der Waals surface area contributed by atoms with E-state index in [2.05, 4.69) is 6.07 Å². The Hall–Kier alpha value is 0.200. The molecule has 0 spiro atoms. The molecule has 2 unspecified atom stereocenters. The van der Waals surface area contributed by atoms with Crippen LogP contribution in [0.1, 0.15) is 20.3 Å². The van der Waals surface area contributed by atoms with Crippen molar-refractivity contribution < 1.29 is 66.0 Å². The van der Waals surface area contributed by atoms with Gasteiger partial charge in [0.25, 0.3) is 0 Å². The topological polar surface area (TPSA) is 138 Å². The maximum absolute atomic E-state index is 8.66. The van der Waals surface area contributed by atoms with Crippen LogP contribution in [0.5, 0.6) is 0 Å². The molecule has 11 heteroatoms. The third kappa shape index (κ3) is 7.65. The minimum Gasteiger partial charge on any atom is -0.726 e. The van der Waals surface area contributed by atoms with Gasteiger partial charge in [-0.1, -0.05) is 0 Å². The Balaban J connectivity index is 0.000000644. The van der Waals surface area contributed by atoms with E-state index >= 15 is 0 Å². The molecule has 0 aromatic carbocycles. The van der Waals surface area contributed by atoms with Crippen LogP contribution < -0.4 is 29.6 Å². The van der Waals surface area contributed by atoms with Crippen molar-refractivity contribution in [1.29, 1.82) is 5.26 Å². The molecule has 0 bridgehead atoms. The van der Waals surface area contributed by atoms with E-state index in [9.17, 15) is 0 Å². The van der Waals surface area contributed by atoms with E-state index in [1.807, 2.05) is 20.3 Å². The summed E-state index contributed by atoms with van der Waals surface area (Å²) in [6, 6.07) is 2.07. The number of methoxy groups -OCH3 is 1. The van der Waals surface area contributed by atoms with E-state index in [4.69, 9.17) is 41.7 Å². The maximum Gasteiger partial charge on any atom is 1.00 e. The van der Waals surface area contributed by atoms with Crippen molar-refractivity contribution in [1.82, 2.24) is 0 Å². The zero-order chi connectivity index (χ0) is 16.3. The number of nitriles is 1. The van der Waals surface area contributed by atoms with Crippen LogP contribution in [-0.4, -0.2) is 55.0 Å². The first-order valence-corrected chi connectivity index (χ1v) is 7.36. The zero-order valence-corrected chi connectivity index (χ0v) is 15.6. The van der Waals surface area contributed by atoms with Gasteiger partial charge >= 0.3 is 29.6 Å². The van der Waals surface area contributed by atoms with Crippen molar-refractivity contribution in [2.75, 3.05) is 7.11 Å². The molecule has 122 valence electrons. The van der Waals surface area contributed by atoms with Gasteiger partial charge in [-0.2, -0.15) is 5.26 Å². The van der Waals surface area contributed by atoms with Crippen molar-refractivity contribution in [2.24, 2.45) is 0 Å². The summed E-state index contributed by atoms with van der Waals surface area (Å²) in [4.78, 5) is 0. The average Bonchev–Trinajstić information content (AvgIpc) is 2.60. The number of hydrogen-bond acceptors (Lipinski definition) is 8. The standard InChI is InChI=1S/C11H16NO4.Na.H2O4S/c1-11(2)15-8-6-7(4-5-12)14-10(13-3)9(8)16-11;;1-5(2,3)4/h6-10H,4H2,1-3H3;;(H2,1,2,3,4)/q-1;+1;/p-1/t7?,8-,9?,10+;;/m0../s1. The third-order valence-corrected chi connectivity index (χ3v) is 2.67. The first-order valence-electron chi connectivity index (χ1n) is 6.00. The minimum atomic E-state index is -4.92. The second kappa shape index (κ2) is 8.89. The van der Waals surface area contributed by atoms with Crippen molar-refractivity contribution in [3.8, 4) is 6.07 Å². The van der Waals surface area contributed by atoms with Gasteiger partial charge in [-0.05, 0) is 26.1 Å². The van der Waals surface area contributed by atoms with Crippen LogP contribution in [0.25, 0.3) is 0 Å². The van der Waals surface area contributed by atoms with E-state index in [0.29, 0.717) is 6.42 Å². The molecular formula is C11H17NNaO8S-. The molecule has 1 N–H and O–H groups in total. The molecule has 2 saturated heterocycles. The Morgan fingerprint density at radius 3 is 2.45 bits per heavy atom. The van der Waals surface area contributed by atoms with Gasteiger partial charge in [0.1, 0.15) is 6.10 Å². The smallest absolute Gasteiger partial charge is 0.726 e. The molecule has 0 amide bonds. The van der Waals surface area contributed by atoms with Crippen LogP contribution in [0.3, 0.4) is 0 Å². The predicted octanol–water partition coefficient (Wildman–Crippen LogP) is -3.00. The summed E-state index contributed by atoms with van der Waals surface area (Å²) >= 11 is 0. The zero-order valence-electron chi connectivity index (χ0n) is 12.8. The summed E-state index contributed by atoms with van der Waals surface area (Å²) in [5.41, 5.74) is 0. The second-order valence-electron chi connectivity index (χ2n) is 4.83. The molecule has 2 aliphatic heterocycles. The molecule has 2 aliphatic rings. The van der Waals surface area contributed by atoms with Gasteiger partial charge < -0.3 is 23.5 Å². The summed E-state index contributed by atoms with van der Waals surface area (Å²) in [7, 11) is -3.36. The molecule has 22 heavy (non-hydrogen) atoms. The number of fused-ring (bicyclic) bond motifs is 1. The Bertz CT molecular complexity index is 483. The number of nitrogens with zero attached hydrogens (tertiary/aromatic N) is 1. The quantitative estimate of drug-likeness (QED) is 0.240. The van der Waals surface area contributed by atoms with Crippen molar-refractivity contribution in [3.63, 3.8) is 0 Å². The summed E-state index contributed by atoms with van der Waals surface area (Å²) in [5, 5.41) is 8.66. The summed E-state index contributed by atoms with van der Waals surface area (Å²) in [6.45, 7) is 3.70. The van der Waals surface area contributed by atoms with Crippen molar-refractivity contribution in [2.45, 2.75) is 50.7 Å². The van der Waals surface area contributed by atoms with E-state index in [-0.39, 0.29) is 47.9 Å². The van der Waals surface area contributed by atoms with Crippen LogP contribution in [0.4, 0.5) is 0 Å². The first-order chi connectivity index (χ1) is 9.55. The Morgan fingerprint density at radius 2 is 2.00 bits per heavy atom. The third-order valence-electron chi connectivity index (χ3n) is 2.67. The average molecular weight is 346 g/mol. The monoisotopic (exact) mass is 346 g/mol. The molecule has 2 heterocycles. The second-order valence-corrected chi connectivity index (χ2v) is 5.68. The van der Waals surface area contributed by atoms with E-state index in [1.165, 1.54) is 0 Å². The molecular weight excluding hydrogens is 329 g/mol. The van der Waals surface area contributed by atoms with Crippen LogP contribution >= 0.6 is 0 Å². The van der Waals surface area contributed by atoms with E-state index in [1.54, 1.807) is 7.11 Å². The van der Waals surface area contributed by atoms with Gasteiger partial charge in [-0.15, -0.1) is 0 Å². The molecule has 0 radical (unpaired) electrons. The van der Waals surface area contributed by atoms with E-state index < -0.39 is 22.5 Å². The van der Waals surface area contributed by atoms with Crippen LogP contribution in [-0.2, 0) is 29.3 Å². The molecule has 0 aromatic rings. The van der Waals surface area contributed by atoms with Crippen molar-refractivity contribution >= 4 is 10.4 Å². The van der Waals surface area contributed by atoms with Crippen molar-refractivity contribution in [3.05, 3.63) is 6.42 Å². The molecule has 4 atom stereocenters. The fourth-order valence-corrected chi connectivity index (χ4v) is 2.08. The van der Waals surface area contributed by atoms with Gasteiger partial charge in [0.15, 0.2) is 12.1 Å². The largest absolute Gasteiger partial charge is 1.00 e. The number of hydrogen-bond donors (Lipinski definition) is 1. The van der Waals surface area contributed by atoms with Crippen LogP contribution in [0.15, 0.2) is 0 Å². The maximum atomic E-state index is 8.66. The Morgan fingerprint density at radius 1 is 1.45 bits per heavy atom. The van der Waals surface area contributed by atoms with E-state index in [0.717, 1.165) is 0 Å². The van der Waals surface area contributed by atoms with Gasteiger partial charge in [0.2, 0.25) is 10.4 Å². The first kappa shape index (κ1) is 22.2. The Kier molecular flexibility index (Phi) is 8.97. The van der Waals surface area contributed by atoms with Gasteiger partial charge in [-0.3, -0.25) is 11.0 Å². The normalized spacial score (nSPS) is 32.7. The SMILES string of the molecule is CO[C@@H]1OC(CC#N)[CH-][C@@H]2OC(C)(C)OC12.O=S(=O)([O-])O.[Na+]. The van der Waals surface area contributed by atoms with Crippen LogP contribution in [0, 0.1) is 17.8 Å². The number of rotatable bonds is 2. The van der Waals surface area contributed by atoms with Gasteiger partial charge in [-0.25, -0.2) is 8.42 Å². The molecule has 2 rings (SSSR count). The van der Waals surface area contributed by atoms with Gasteiger partial charge in [0, 0.05) is 13.5 Å². The number of ether oxygens (including phenoxy) is 4.